The van der Waals surface area contributed by atoms with E-state index in [9.17, 15) is 10.0 Å². The van der Waals surface area contributed by atoms with Crippen molar-refractivity contribution in [2.45, 2.75) is 65.1 Å². The maximum Gasteiger partial charge on any atom is 0.410 e. The number of fused-ring (bicyclic) bond motifs is 3. The fourth-order valence-electron chi connectivity index (χ4n) is 3.79. The highest BCUT2D eigenvalue weighted by Crippen LogP contribution is 2.31. The maximum absolute atomic E-state index is 12.6. The highest BCUT2D eigenvalue weighted by atomic mass is 32.1. The number of carbonyl (C=O) groups is 1. The van der Waals surface area contributed by atoms with Crippen molar-refractivity contribution < 1.29 is 19.0 Å². The van der Waals surface area contributed by atoms with Crippen molar-refractivity contribution in [3.63, 3.8) is 0 Å². The van der Waals surface area contributed by atoms with Crippen LogP contribution in [0.1, 0.15) is 52.0 Å². The topological polar surface area (TPSA) is 78.6 Å². The molecule has 166 valence electrons. The number of likely N-dealkylation sites (tertiary alicyclic amines) is 1. The first kappa shape index (κ1) is 21.6. The van der Waals surface area contributed by atoms with E-state index < -0.39 is 5.60 Å². The van der Waals surface area contributed by atoms with Gasteiger partial charge in [0, 0.05) is 25.9 Å². The van der Waals surface area contributed by atoms with E-state index in [-0.39, 0.29) is 12.2 Å². The molecule has 0 aliphatic carbocycles. The van der Waals surface area contributed by atoms with E-state index in [1.54, 1.807) is 28.5 Å². The number of aryl methyl sites for hydroxylation is 1. The van der Waals surface area contributed by atoms with Crippen molar-refractivity contribution in [3.8, 4) is 5.75 Å². The maximum atomic E-state index is 12.6. The first-order valence-corrected chi connectivity index (χ1v) is 11.6. The average Bonchev–Trinajstić information content (AvgIpc) is 3.10. The number of pyridine rings is 1. The van der Waals surface area contributed by atoms with Gasteiger partial charge in [0.25, 0.3) is 0 Å². The van der Waals surface area contributed by atoms with Crippen molar-refractivity contribution in [2.24, 2.45) is 0 Å². The summed E-state index contributed by atoms with van der Waals surface area (Å²) < 4.78 is 13.5. The van der Waals surface area contributed by atoms with E-state index in [4.69, 9.17) is 9.47 Å². The second-order valence-corrected chi connectivity index (χ2v) is 10.1. The minimum atomic E-state index is -0.496. The lowest BCUT2D eigenvalue weighted by Crippen LogP contribution is -2.44. The molecule has 1 saturated heterocycles. The lowest BCUT2D eigenvalue weighted by Gasteiger charge is -2.33. The van der Waals surface area contributed by atoms with Crippen LogP contribution in [0.15, 0.2) is 24.4 Å². The third-order valence-corrected chi connectivity index (χ3v) is 6.41. The van der Waals surface area contributed by atoms with Crippen LogP contribution in [0.3, 0.4) is 0 Å². The normalized spacial score (nSPS) is 15.5. The number of benzene rings is 1. The lowest BCUT2D eigenvalue weighted by atomic mass is 10.1. The fraction of sp³-hybridized carbons (Fsp3) is 0.522. The number of rotatable bonds is 4. The second-order valence-electron chi connectivity index (χ2n) is 8.99. The van der Waals surface area contributed by atoms with Gasteiger partial charge in [-0.05, 0) is 45.7 Å². The SMILES string of the molecule is CCCc1nc2c[n+]([O-])c3cc(OC4CCN(C(=O)OC(C)(C)C)CC4)ccc3c2s1. The van der Waals surface area contributed by atoms with Gasteiger partial charge in [-0.15, -0.1) is 11.3 Å². The van der Waals surface area contributed by atoms with Crippen LogP contribution in [0.25, 0.3) is 21.1 Å². The first-order chi connectivity index (χ1) is 14.7. The monoisotopic (exact) mass is 443 g/mol. The Labute approximate surface area is 186 Å². The van der Waals surface area contributed by atoms with Gasteiger partial charge >= 0.3 is 6.09 Å². The lowest BCUT2D eigenvalue weighted by molar-refractivity contribution is -0.575. The van der Waals surface area contributed by atoms with Gasteiger partial charge < -0.3 is 19.6 Å². The summed E-state index contributed by atoms with van der Waals surface area (Å²) in [6.45, 7) is 8.92. The van der Waals surface area contributed by atoms with Crippen LogP contribution in [-0.2, 0) is 11.2 Å². The average molecular weight is 444 g/mol. The van der Waals surface area contributed by atoms with E-state index >= 15 is 0 Å². The van der Waals surface area contributed by atoms with E-state index in [2.05, 4.69) is 11.9 Å². The summed E-state index contributed by atoms with van der Waals surface area (Å²) in [5.74, 6) is 0.672. The van der Waals surface area contributed by atoms with Gasteiger partial charge in [-0.25, -0.2) is 9.78 Å². The van der Waals surface area contributed by atoms with Crippen molar-refractivity contribution in [3.05, 3.63) is 34.6 Å². The van der Waals surface area contributed by atoms with E-state index in [0.717, 1.165) is 51.0 Å². The van der Waals surface area contributed by atoms with Gasteiger partial charge in [-0.2, -0.15) is 4.73 Å². The number of hydrogen-bond acceptors (Lipinski definition) is 6. The highest BCUT2D eigenvalue weighted by Gasteiger charge is 2.28. The summed E-state index contributed by atoms with van der Waals surface area (Å²) in [7, 11) is 0. The van der Waals surface area contributed by atoms with Gasteiger partial charge in [-0.1, -0.05) is 6.92 Å². The second kappa shape index (κ2) is 8.49. The predicted molar refractivity (Wildman–Crippen MR) is 122 cm³/mol. The molecule has 1 amide bonds. The van der Waals surface area contributed by atoms with Crippen LogP contribution >= 0.6 is 11.3 Å². The Kier molecular flexibility index (Phi) is 5.92. The molecule has 1 aromatic carbocycles. The molecule has 1 fully saturated rings. The largest absolute Gasteiger partial charge is 0.618 e. The summed E-state index contributed by atoms with van der Waals surface area (Å²) in [5.41, 5.74) is 0.839. The molecule has 0 unspecified atom stereocenters. The van der Waals surface area contributed by atoms with Crippen molar-refractivity contribution >= 4 is 38.5 Å². The summed E-state index contributed by atoms with van der Waals surface area (Å²) in [4.78, 5) is 18.6. The first-order valence-electron chi connectivity index (χ1n) is 10.8. The molecular formula is C23H29N3O4S. The predicted octanol–water partition coefficient (Wildman–Crippen LogP) is 4.81. The van der Waals surface area contributed by atoms with Gasteiger partial charge in [0.15, 0.2) is 0 Å². The highest BCUT2D eigenvalue weighted by molar-refractivity contribution is 7.19. The molecule has 1 aliphatic heterocycles. The van der Waals surface area contributed by atoms with E-state index in [1.165, 1.54) is 0 Å². The molecular weight excluding hydrogens is 414 g/mol. The number of thiazole rings is 1. The van der Waals surface area contributed by atoms with Crippen LogP contribution in [-0.4, -0.2) is 40.8 Å². The number of amides is 1. The van der Waals surface area contributed by atoms with Crippen molar-refractivity contribution in [1.82, 2.24) is 9.88 Å². The van der Waals surface area contributed by atoms with E-state index in [0.29, 0.717) is 24.4 Å². The molecule has 0 N–H and O–H groups in total. The third kappa shape index (κ3) is 4.84. The zero-order valence-corrected chi connectivity index (χ0v) is 19.3. The summed E-state index contributed by atoms with van der Waals surface area (Å²) >= 11 is 1.65. The molecule has 7 nitrogen and oxygen atoms in total. The van der Waals surface area contributed by atoms with Gasteiger partial charge in [-0.3, -0.25) is 0 Å². The van der Waals surface area contributed by atoms with Crippen LogP contribution in [0.4, 0.5) is 4.79 Å². The van der Waals surface area contributed by atoms with Crippen LogP contribution in [0.2, 0.25) is 0 Å². The van der Waals surface area contributed by atoms with Crippen LogP contribution in [0.5, 0.6) is 5.75 Å². The Hall–Kier alpha value is -2.61. The van der Waals surface area contributed by atoms with Crippen LogP contribution in [0, 0.1) is 5.21 Å². The summed E-state index contributed by atoms with van der Waals surface area (Å²) in [6, 6.07) is 5.67. The Morgan fingerprint density at radius 2 is 2.06 bits per heavy atom. The Morgan fingerprint density at radius 3 is 2.74 bits per heavy atom. The Bertz CT molecular complexity index is 1100. The third-order valence-electron chi connectivity index (χ3n) is 5.25. The minimum absolute atomic E-state index is 0.000434. The Morgan fingerprint density at radius 1 is 1.32 bits per heavy atom. The standard InChI is InChI=1S/C23H29N3O4S/c1-5-6-20-24-18-14-26(28)19-13-16(7-8-17(19)21(18)31-20)29-15-9-11-25(12-10-15)22(27)30-23(2,3)4/h7-8,13-15H,5-6,9-12H2,1-4H3. The molecule has 0 saturated carbocycles. The number of hydrogen-bond donors (Lipinski definition) is 0. The van der Waals surface area contributed by atoms with Gasteiger partial charge in [0.1, 0.15) is 23.0 Å². The zero-order chi connectivity index (χ0) is 22.2. The number of carbonyl (C=O) groups excluding carboxylic acids is 1. The number of nitrogens with zero attached hydrogens (tertiary/aromatic N) is 3. The zero-order valence-electron chi connectivity index (χ0n) is 18.5. The van der Waals surface area contributed by atoms with Crippen molar-refractivity contribution in [1.29, 1.82) is 0 Å². The molecule has 0 bridgehead atoms. The molecule has 3 heterocycles. The number of ether oxygens (including phenoxy) is 2. The molecule has 0 spiro atoms. The van der Waals surface area contributed by atoms with Crippen molar-refractivity contribution in [2.75, 3.05) is 13.1 Å². The quantitative estimate of drug-likeness (QED) is 0.427. The molecule has 3 aromatic rings. The molecule has 4 rings (SSSR count). The summed E-state index contributed by atoms with van der Waals surface area (Å²) in [5, 5.41) is 14.6. The van der Waals surface area contributed by atoms with Crippen LogP contribution < -0.4 is 9.47 Å². The molecule has 8 heteroatoms. The molecule has 1 aliphatic rings. The fourth-order valence-corrected chi connectivity index (χ4v) is 4.97. The van der Waals surface area contributed by atoms with Gasteiger partial charge in [0.05, 0.1) is 21.2 Å². The molecule has 0 atom stereocenters. The number of piperidine rings is 1. The smallest absolute Gasteiger partial charge is 0.410 e. The Balaban J connectivity index is 1.47. The van der Waals surface area contributed by atoms with Gasteiger partial charge in [0.2, 0.25) is 11.7 Å². The van der Waals surface area contributed by atoms with E-state index in [1.807, 2.05) is 32.9 Å². The summed E-state index contributed by atoms with van der Waals surface area (Å²) in [6.07, 6.45) is 4.67. The molecule has 0 radical (unpaired) electrons. The minimum Gasteiger partial charge on any atom is -0.618 e. The number of aromatic nitrogens is 2. The molecule has 2 aromatic heterocycles. The molecule has 31 heavy (non-hydrogen) atoms.